The van der Waals surface area contributed by atoms with Crippen molar-refractivity contribution in [2.24, 2.45) is 0 Å². The average molecular weight is 266 g/mol. The minimum Gasteiger partial charge on any atom is -0.384 e. The number of halogens is 2. The fourth-order valence-corrected chi connectivity index (χ4v) is 2.42. The van der Waals surface area contributed by atoms with E-state index in [1.165, 1.54) is 23.9 Å². The molecule has 2 rings (SSSR count). The summed E-state index contributed by atoms with van der Waals surface area (Å²) < 4.78 is 26.8. The minimum atomic E-state index is -1.16. The van der Waals surface area contributed by atoms with Crippen LogP contribution in [0.2, 0.25) is 0 Å². The van der Waals surface area contributed by atoms with Crippen LogP contribution >= 0.6 is 11.8 Å². The highest BCUT2D eigenvalue weighted by Gasteiger charge is 2.19. The smallest absolute Gasteiger partial charge is 0.164 e. The Morgan fingerprint density at radius 1 is 1.00 bits per heavy atom. The van der Waals surface area contributed by atoms with Crippen LogP contribution in [0.15, 0.2) is 47.4 Å². The van der Waals surface area contributed by atoms with E-state index in [-0.39, 0.29) is 5.56 Å². The molecule has 0 radical (unpaired) electrons. The Balaban J connectivity index is 2.48. The van der Waals surface area contributed by atoms with Crippen LogP contribution in [0.25, 0.3) is 0 Å². The fourth-order valence-electron chi connectivity index (χ4n) is 1.79. The molecule has 0 aliphatic rings. The van der Waals surface area contributed by atoms with Gasteiger partial charge < -0.3 is 5.11 Å². The molecule has 0 saturated carbocycles. The van der Waals surface area contributed by atoms with Gasteiger partial charge in [-0.1, -0.05) is 30.3 Å². The topological polar surface area (TPSA) is 20.2 Å². The van der Waals surface area contributed by atoms with Gasteiger partial charge in [0, 0.05) is 10.5 Å². The molecule has 0 amide bonds. The number of aliphatic hydroxyl groups is 1. The van der Waals surface area contributed by atoms with E-state index in [1.807, 2.05) is 18.4 Å². The summed E-state index contributed by atoms with van der Waals surface area (Å²) in [4.78, 5) is 0.841. The van der Waals surface area contributed by atoms with Crippen molar-refractivity contribution in [2.45, 2.75) is 11.0 Å². The monoisotopic (exact) mass is 266 g/mol. The predicted octanol–water partition coefficient (Wildman–Crippen LogP) is 3.77. The number of hydrogen-bond acceptors (Lipinski definition) is 2. The first-order valence-electron chi connectivity index (χ1n) is 5.40. The fraction of sp³-hybridized carbons (Fsp3) is 0.143. The van der Waals surface area contributed by atoms with E-state index in [2.05, 4.69) is 0 Å². The largest absolute Gasteiger partial charge is 0.384 e. The summed E-state index contributed by atoms with van der Waals surface area (Å²) in [7, 11) is 0. The van der Waals surface area contributed by atoms with Crippen LogP contribution in [0.5, 0.6) is 0 Å². The summed E-state index contributed by atoms with van der Waals surface area (Å²) in [6.07, 6.45) is 0.706. The van der Waals surface area contributed by atoms with Crippen LogP contribution in [-0.2, 0) is 0 Å². The van der Waals surface area contributed by atoms with Gasteiger partial charge >= 0.3 is 0 Å². The van der Waals surface area contributed by atoms with Crippen LogP contribution in [0, 0.1) is 11.6 Å². The third kappa shape index (κ3) is 2.40. The lowest BCUT2D eigenvalue weighted by atomic mass is 10.0. The molecule has 2 aromatic rings. The SMILES string of the molecule is CSc1ccccc1C(O)c1cccc(F)c1F. The van der Waals surface area contributed by atoms with Gasteiger partial charge in [0.15, 0.2) is 11.6 Å². The Morgan fingerprint density at radius 3 is 2.39 bits per heavy atom. The third-order valence-electron chi connectivity index (χ3n) is 2.71. The zero-order chi connectivity index (χ0) is 13.1. The molecule has 1 unspecified atom stereocenters. The van der Waals surface area contributed by atoms with Crippen molar-refractivity contribution in [2.75, 3.05) is 6.26 Å². The van der Waals surface area contributed by atoms with Crippen LogP contribution in [0.4, 0.5) is 8.78 Å². The van der Waals surface area contributed by atoms with Gasteiger partial charge in [-0.25, -0.2) is 8.78 Å². The summed E-state index contributed by atoms with van der Waals surface area (Å²) in [6, 6.07) is 11.0. The third-order valence-corrected chi connectivity index (χ3v) is 3.52. The van der Waals surface area contributed by atoms with Crippen LogP contribution in [-0.4, -0.2) is 11.4 Å². The predicted molar refractivity (Wildman–Crippen MR) is 68.6 cm³/mol. The molecule has 0 aromatic heterocycles. The van der Waals surface area contributed by atoms with E-state index in [0.29, 0.717) is 5.56 Å². The van der Waals surface area contributed by atoms with Crippen molar-refractivity contribution in [1.29, 1.82) is 0 Å². The van der Waals surface area contributed by atoms with Crippen molar-refractivity contribution >= 4 is 11.8 Å². The van der Waals surface area contributed by atoms with Crippen LogP contribution < -0.4 is 0 Å². The van der Waals surface area contributed by atoms with E-state index in [9.17, 15) is 13.9 Å². The Morgan fingerprint density at radius 2 is 1.67 bits per heavy atom. The zero-order valence-electron chi connectivity index (χ0n) is 9.73. The maximum atomic E-state index is 13.6. The highest BCUT2D eigenvalue weighted by molar-refractivity contribution is 7.98. The lowest BCUT2D eigenvalue weighted by Gasteiger charge is -2.15. The Hall–Kier alpha value is -1.39. The van der Waals surface area contributed by atoms with E-state index < -0.39 is 17.7 Å². The lowest BCUT2D eigenvalue weighted by molar-refractivity contribution is 0.210. The highest BCUT2D eigenvalue weighted by Crippen LogP contribution is 2.31. The molecule has 94 valence electrons. The molecule has 0 heterocycles. The molecular weight excluding hydrogens is 254 g/mol. The van der Waals surface area contributed by atoms with Gasteiger partial charge in [0.25, 0.3) is 0 Å². The van der Waals surface area contributed by atoms with E-state index in [1.54, 1.807) is 12.1 Å². The second-order valence-electron chi connectivity index (χ2n) is 3.79. The summed E-state index contributed by atoms with van der Waals surface area (Å²) in [5.41, 5.74) is 0.533. The van der Waals surface area contributed by atoms with Crippen molar-refractivity contribution in [3.8, 4) is 0 Å². The van der Waals surface area contributed by atoms with E-state index in [0.717, 1.165) is 11.0 Å². The first-order chi connectivity index (χ1) is 8.65. The number of benzene rings is 2. The molecule has 1 N–H and O–H groups in total. The summed E-state index contributed by atoms with van der Waals surface area (Å²) in [6.45, 7) is 0. The van der Waals surface area contributed by atoms with E-state index >= 15 is 0 Å². The van der Waals surface area contributed by atoms with Gasteiger partial charge in [-0.3, -0.25) is 0 Å². The molecule has 2 aromatic carbocycles. The zero-order valence-corrected chi connectivity index (χ0v) is 10.5. The maximum absolute atomic E-state index is 13.6. The Kier molecular flexibility index (Phi) is 3.99. The molecule has 0 aliphatic carbocycles. The molecule has 1 nitrogen and oxygen atoms in total. The van der Waals surface area contributed by atoms with Gasteiger partial charge in [0.2, 0.25) is 0 Å². The van der Waals surface area contributed by atoms with E-state index in [4.69, 9.17) is 0 Å². The second kappa shape index (κ2) is 5.50. The molecule has 18 heavy (non-hydrogen) atoms. The Bertz CT molecular complexity index is 557. The van der Waals surface area contributed by atoms with Gasteiger partial charge in [-0.2, -0.15) is 0 Å². The number of rotatable bonds is 3. The summed E-state index contributed by atoms with van der Waals surface area (Å²) in [5.74, 6) is -1.95. The molecule has 1 atom stereocenters. The van der Waals surface area contributed by atoms with Gasteiger partial charge in [0.05, 0.1) is 0 Å². The molecular formula is C14H12F2OS. The molecule has 0 bridgehead atoms. The molecule has 0 fully saturated rings. The van der Waals surface area contributed by atoms with Crippen molar-refractivity contribution in [3.63, 3.8) is 0 Å². The van der Waals surface area contributed by atoms with Crippen LogP contribution in [0.1, 0.15) is 17.2 Å². The van der Waals surface area contributed by atoms with Crippen molar-refractivity contribution < 1.29 is 13.9 Å². The number of aliphatic hydroxyl groups excluding tert-OH is 1. The van der Waals surface area contributed by atoms with Gasteiger partial charge in [0.1, 0.15) is 6.10 Å². The van der Waals surface area contributed by atoms with Crippen LogP contribution in [0.3, 0.4) is 0 Å². The molecule has 0 aliphatic heterocycles. The second-order valence-corrected chi connectivity index (χ2v) is 4.64. The summed E-state index contributed by atoms with van der Waals surface area (Å²) >= 11 is 1.45. The highest BCUT2D eigenvalue weighted by atomic mass is 32.2. The Labute approximate surface area is 108 Å². The molecule has 0 spiro atoms. The quantitative estimate of drug-likeness (QED) is 0.853. The summed E-state index contributed by atoms with van der Waals surface area (Å²) in [5, 5.41) is 10.2. The molecule has 4 heteroatoms. The lowest BCUT2D eigenvalue weighted by Crippen LogP contribution is -2.05. The maximum Gasteiger partial charge on any atom is 0.164 e. The number of thioether (sulfide) groups is 1. The average Bonchev–Trinajstić information content (AvgIpc) is 2.41. The van der Waals surface area contributed by atoms with Gasteiger partial charge in [-0.05, 0) is 24.0 Å². The van der Waals surface area contributed by atoms with Crippen molar-refractivity contribution in [1.82, 2.24) is 0 Å². The first kappa shape index (κ1) is 13.1. The molecule has 0 saturated heterocycles. The minimum absolute atomic E-state index is 0.0449. The first-order valence-corrected chi connectivity index (χ1v) is 6.62. The standard InChI is InChI=1S/C14H12F2OS/c1-18-12-8-3-2-5-9(12)14(17)10-6-4-7-11(15)13(10)16/h2-8,14,17H,1H3. The van der Waals surface area contributed by atoms with Crippen molar-refractivity contribution in [3.05, 3.63) is 65.2 Å². The number of hydrogen-bond donors (Lipinski definition) is 1. The normalized spacial score (nSPS) is 12.4. The van der Waals surface area contributed by atoms with Gasteiger partial charge in [-0.15, -0.1) is 11.8 Å².